The van der Waals surface area contributed by atoms with Crippen molar-refractivity contribution in [2.75, 3.05) is 5.75 Å². The van der Waals surface area contributed by atoms with E-state index in [2.05, 4.69) is 0 Å². The summed E-state index contributed by atoms with van der Waals surface area (Å²) in [4.78, 5) is 20.9. The second-order valence-electron chi connectivity index (χ2n) is 3.06. The Hall–Kier alpha value is -1.89. The fourth-order valence-corrected chi connectivity index (χ4v) is 2.23. The predicted molar refractivity (Wildman–Crippen MR) is 54.6 cm³/mol. The zero-order chi connectivity index (χ0) is 12.3. The number of nitrogens with two attached hydrogens (primary N) is 1. The second kappa shape index (κ2) is 4.31. The molecule has 0 bridgehead atoms. The highest BCUT2D eigenvalue weighted by atomic mass is 32.2. The molecule has 0 unspecified atom stereocenters. The van der Waals surface area contributed by atoms with Crippen LogP contribution in [0.1, 0.15) is 10.4 Å². The van der Waals surface area contributed by atoms with E-state index >= 15 is 0 Å². The maximum atomic E-state index is 11.5. The number of carboxylic acids is 1. The molecule has 0 saturated carbocycles. The van der Waals surface area contributed by atoms with Gasteiger partial charge in [-0.05, 0) is 18.2 Å². The summed E-state index contributed by atoms with van der Waals surface area (Å²) < 4.78 is 23.0. The number of benzene rings is 1. The fourth-order valence-electron chi connectivity index (χ4n) is 1.09. The lowest BCUT2D eigenvalue weighted by Gasteiger charge is -2.02. The van der Waals surface area contributed by atoms with Gasteiger partial charge in [-0.1, -0.05) is 6.07 Å². The number of sulfone groups is 1. The Kier molecular flexibility index (Phi) is 3.28. The molecule has 0 spiro atoms. The van der Waals surface area contributed by atoms with Crippen LogP contribution in [-0.2, 0) is 14.6 Å². The van der Waals surface area contributed by atoms with Gasteiger partial charge in [0, 0.05) is 0 Å². The molecule has 0 radical (unpaired) electrons. The van der Waals surface area contributed by atoms with Crippen molar-refractivity contribution in [2.45, 2.75) is 4.90 Å². The van der Waals surface area contributed by atoms with Gasteiger partial charge in [0.25, 0.3) is 0 Å². The quantitative estimate of drug-likeness (QED) is 0.749. The third kappa shape index (κ3) is 2.80. The molecular weight excluding hydrogens is 234 g/mol. The maximum absolute atomic E-state index is 11.5. The van der Waals surface area contributed by atoms with Crippen LogP contribution in [0.3, 0.4) is 0 Å². The normalized spacial score (nSPS) is 11.0. The summed E-state index contributed by atoms with van der Waals surface area (Å²) in [6, 6.07) is 4.74. The number of hydrogen-bond donors (Lipinski definition) is 2. The van der Waals surface area contributed by atoms with E-state index in [1.807, 2.05) is 0 Å². The van der Waals surface area contributed by atoms with Gasteiger partial charge in [0.2, 0.25) is 5.91 Å². The van der Waals surface area contributed by atoms with Crippen molar-refractivity contribution in [3.8, 4) is 0 Å². The zero-order valence-electron chi connectivity index (χ0n) is 8.08. The molecule has 0 heterocycles. The molecule has 0 saturated heterocycles. The SMILES string of the molecule is NC(=O)CS(=O)(=O)c1cccc(C(=O)O)c1. The lowest BCUT2D eigenvalue weighted by atomic mass is 10.2. The van der Waals surface area contributed by atoms with Gasteiger partial charge in [-0.15, -0.1) is 0 Å². The Labute approximate surface area is 91.6 Å². The molecule has 7 heteroatoms. The van der Waals surface area contributed by atoms with Crippen LogP contribution in [0.4, 0.5) is 0 Å². The first-order chi connectivity index (χ1) is 7.33. The highest BCUT2D eigenvalue weighted by Crippen LogP contribution is 2.13. The highest BCUT2D eigenvalue weighted by Gasteiger charge is 2.18. The molecule has 3 N–H and O–H groups in total. The van der Waals surface area contributed by atoms with Crippen LogP contribution in [-0.4, -0.2) is 31.2 Å². The zero-order valence-corrected chi connectivity index (χ0v) is 8.90. The molecule has 6 nitrogen and oxygen atoms in total. The maximum Gasteiger partial charge on any atom is 0.335 e. The second-order valence-corrected chi connectivity index (χ2v) is 5.05. The number of amides is 1. The molecule has 86 valence electrons. The minimum atomic E-state index is -3.85. The minimum absolute atomic E-state index is 0.162. The number of primary amides is 1. The summed E-state index contributed by atoms with van der Waals surface area (Å²) >= 11 is 0. The van der Waals surface area contributed by atoms with Gasteiger partial charge in [-0.2, -0.15) is 0 Å². The van der Waals surface area contributed by atoms with Gasteiger partial charge in [0.05, 0.1) is 10.5 Å². The van der Waals surface area contributed by atoms with Gasteiger partial charge < -0.3 is 10.8 Å². The Morgan fingerprint density at radius 1 is 1.31 bits per heavy atom. The Morgan fingerprint density at radius 2 is 1.94 bits per heavy atom. The summed E-state index contributed by atoms with van der Waals surface area (Å²) in [5.74, 6) is -3.06. The Balaban J connectivity index is 3.19. The molecule has 1 aromatic carbocycles. The summed E-state index contributed by atoms with van der Waals surface area (Å²) in [5.41, 5.74) is 4.62. The molecule has 0 aliphatic heterocycles. The van der Waals surface area contributed by atoms with Crippen LogP contribution >= 0.6 is 0 Å². The molecule has 0 atom stereocenters. The van der Waals surface area contributed by atoms with E-state index in [9.17, 15) is 18.0 Å². The number of carbonyl (C=O) groups excluding carboxylic acids is 1. The smallest absolute Gasteiger partial charge is 0.335 e. The van der Waals surface area contributed by atoms with Crippen molar-refractivity contribution in [3.63, 3.8) is 0 Å². The number of carbonyl (C=O) groups is 2. The van der Waals surface area contributed by atoms with E-state index < -0.39 is 27.5 Å². The van der Waals surface area contributed by atoms with Gasteiger partial charge >= 0.3 is 5.97 Å². The Morgan fingerprint density at radius 3 is 2.44 bits per heavy atom. The average molecular weight is 243 g/mol. The molecule has 16 heavy (non-hydrogen) atoms. The van der Waals surface area contributed by atoms with Crippen LogP contribution in [0.5, 0.6) is 0 Å². The number of carboxylic acid groups (broad SMARTS) is 1. The molecule has 0 aliphatic carbocycles. The van der Waals surface area contributed by atoms with Crippen LogP contribution in [0.2, 0.25) is 0 Å². The largest absolute Gasteiger partial charge is 0.478 e. The Bertz CT molecular complexity index is 535. The highest BCUT2D eigenvalue weighted by molar-refractivity contribution is 7.92. The van der Waals surface area contributed by atoms with Crippen LogP contribution < -0.4 is 5.73 Å². The molecule has 0 aromatic heterocycles. The van der Waals surface area contributed by atoms with Crippen LogP contribution in [0.25, 0.3) is 0 Å². The van der Waals surface area contributed by atoms with Gasteiger partial charge in [-0.25, -0.2) is 13.2 Å². The van der Waals surface area contributed by atoms with E-state index in [1.165, 1.54) is 18.2 Å². The number of hydrogen-bond acceptors (Lipinski definition) is 4. The van der Waals surface area contributed by atoms with Gasteiger partial charge in [-0.3, -0.25) is 4.79 Å². The third-order valence-electron chi connectivity index (χ3n) is 1.77. The van der Waals surface area contributed by atoms with Crippen molar-refractivity contribution in [1.82, 2.24) is 0 Å². The van der Waals surface area contributed by atoms with E-state index in [-0.39, 0.29) is 10.5 Å². The van der Waals surface area contributed by atoms with E-state index in [0.717, 1.165) is 6.07 Å². The summed E-state index contributed by atoms with van der Waals surface area (Å²) in [6.07, 6.45) is 0. The first-order valence-electron chi connectivity index (χ1n) is 4.17. The molecule has 1 amide bonds. The van der Waals surface area contributed by atoms with Crippen molar-refractivity contribution < 1.29 is 23.1 Å². The van der Waals surface area contributed by atoms with E-state index in [4.69, 9.17) is 10.8 Å². The van der Waals surface area contributed by atoms with Crippen molar-refractivity contribution >= 4 is 21.7 Å². The monoisotopic (exact) mass is 243 g/mol. The average Bonchev–Trinajstić information content (AvgIpc) is 2.16. The molecule has 1 aromatic rings. The number of aromatic carboxylic acids is 1. The van der Waals surface area contributed by atoms with Gasteiger partial charge in [0.1, 0.15) is 5.75 Å². The summed E-state index contributed by atoms with van der Waals surface area (Å²) in [6.45, 7) is 0. The topological polar surface area (TPSA) is 115 Å². The lowest BCUT2D eigenvalue weighted by molar-refractivity contribution is -0.115. The van der Waals surface area contributed by atoms with E-state index in [0.29, 0.717) is 0 Å². The van der Waals surface area contributed by atoms with E-state index in [1.54, 1.807) is 0 Å². The molecular formula is C9H9NO5S. The van der Waals surface area contributed by atoms with Crippen LogP contribution in [0, 0.1) is 0 Å². The summed E-state index contributed by atoms with van der Waals surface area (Å²) in [5, 5.41) is 8.67. The summed E-state index contributed by atoms with van der Waals surface area (Å²) in [7, 11) is -3.85. The molecule has 1 rings (SSSR count). The minimum Gasteiger partial charge on any atom is -0.478 e. The molecule has 0 fully saturated rings. The van der Waals surface area contributed by atoms with Crippen LogP contribution in [0.15, 0.2) is 29.2 Å². The standard InChI is InChI=1S/C9H9NO5S/c10-8(11)5-16(14,15)7-3-1-2-6(4-7)9(12)13/h1-4H,5H2,(H2,10,11)(H,12,13). The first kappa shape index (κ1) is 12.2. The van der Waals surface area contributed by atoms with Crippen molar-refractivity contribution in [2.24, 2.45) is 5.73 Å². The first-order valence-corrected chi connectivity index (χ1v) is 5.82. The lowest BCUT2D eigenvalue weighted by Crippen LogP contribution is -2.23. The van der Waals surface area contributed by atoms with Gasteiger partial charge in [0.15, 0.2) is 9.84 Å². The fraction of sp³-hybridized carbons (Fsp3) is 0.111. The predicted octanol–water partition coefficient (Wildman–Crippen LogP) is -0.356. The van der Waals surface area contributed by atoms with Crippen molar-refractivity contribution in [1.29, 1.82) is 0 Å². The molecule has 0 aliphatic rings. The third-order valence-corrected chi connectivity index (χ3v) is 3.41. The van der Waals surface area contributed by atoms with Crippen molar-refractivity contribution in [3.05, 3.63) is 29.8 Å². The number of rotatable bonds is 4.